The highest BCUT2D eigenvalue weighted by Gasteiger charge is 2.43. The first-order chi connectivity index (χ1) is 15.1. The van der Waals surface area contributed by atoms with Crippen molar-refractivity contribution in [3.05, 3.63) is 59.2 Å². The average molecular weight is 442 g/mol. The topological polar surface area (TPSA) is 52.9 Å². The number of fused-ring (bicyclic) bond motifs is 1. The van der Waals surface area contributed by atoms with Gasteiger partial charge in [0, 0.05) is 31.0 Å². The molecule has 0 aromatic heterocycles. The van der Waals surface area contributed by atoms with Crippen molar-refractivity contribution in [1.82, 2.24) is 4.90 Å². The number of aliphatic hydroxyl groups is 2. The van der Waals surface area contributed by atoms with Crippen LogP contribution >= 0.6 is 0 Å². The molecule has 5 atom stereocenters. The van der Waals surface area contributed by atoms with Crippen molar-refractivity contribution in [2.45, 2.75) is 71.1 Å². The Labute approximate surface area is 195 Å². The fraction of sp³-hybridized carbons (Fsp3) is 0.643. The van der Waals surface area contributed by atoms with Gasteiger partial charge in [-0.1, -0.05) is 48.1 Å². The largest absolute Gasteiger partial charge is 0.392 e. The van der Waals surface area contributed by atoms with E-state index < -0.39 is 6.10 Å². The maximum Gasteiger partial charge on any atom is 0.0761 e. The smallest absolute Gasteiger partial charge is 0.0761 e. The molecule has 0 spiro atoms. The molecule has 2 N–H and O–H groups in total. The third-order valence-corrected chi connectivity index (χ3v) is 7.25. The van der Waals surface area contributed by atoms with Crippen LogP contribution in [0.3, 0.4) is 0 Å². The van der Waals surface area contributed by atoms with Gasteiger partial charge in [0.2, 0.25) is 0 Å². The predicted octanol–water partition coefficient (Wildman–Crippen LogP) is 4.53. The van der Waals surface area contributed by atoms with E-state index in [2.05, 4.69) is 70.0 Å². The van der Waals surface area contributed by atoms with Gasteiger partial charge in [-0.05, 0) is 77.0 Å². The minimum Gasteiger partial charge on any atom is -0.392 e. The lowest BCUT2D eigenvalue weighted by Crippen LogP contribution is -2.38. The van der Waals surface area contributed by atoms with Crippen molar-refractivity contribution < 1.29 is 14.9 Å². The summed E-state index contributed by atoms with van der Waals surface area (Å²) in [5, 5.41) is 21.1. The summed E-state index contributed by atoms with van der Waals surface area (Å²) in [4.78, 5) is 2.36. The molecule has 0 saturated heterocycles. The number of rotatable bonds is 10. The molecule has 0 unspecified atom stereocenters. The van der Waals surface area contributed by atoms with Gasteiger partial charge in [0.15, 0.2) is 0 Å². The van der Waals surface area contributed by atoms with Crippen LogP contribution in [-0.4, -0.2) is 59.7 Å². The fourth-order valence-electron chi connectivity index (χ4n) is 5.06. The van der Waals surface area contributed by atoms with Gasteiger partial charge in [0.1, 0.15) is 0 Å². The van der Waals surface area contributed by atoms with E-state index in [1.165, 1.54) is 11.1 Å². The Morgan fingerprint density at radius 3 is 2.78 bits per heavy atom. The average Bonchev–Trinajstić information content (AvgIpc) is 3.21. The lowest BCUT2D eigenvalue weighted by Gasteiger charge is -2.31. The molecule has 32 heavy (non-hydrogen) atoms. The van der Waals surface area contributed by atoms with Crippen LogP contribution < -0.4 is 0 Å². The molecule has 1 saturated carbocycles. The van der Waals surface area contributed by atoms with Crippen LogP contribution in [0.15, 0.2) is 48.1 Å². The molecule has 0 amide bonds. The molecule has 2 aliphatic carbocycles. The summed E-state index contributed by atoms with van der Waals surface area (Å²) in [6.07, 6.45) is 8.90. The summed E-state index contributed by atoms with van der Waals surface area (Å²) >= 11 is 0. The Morgan fingerprint density at radius 2 is 2.06 bits per heavy atom. The maximum atomic E-state index is 10.6. The van der Waals surface area contributed by atoms with Gasteiger partial charge in [-0.25, -0.2) is 0 Å². The summed E-state index contributed by atoms with van der Waals surface area (Å²) in [6, 6.07) is 8.27. The molecule has 3 rings (SSSR count). The molecule has 2 aliphatic rings. The molecule has 4 heteroatoms. The standard InChI is InChI=1S/C28H43NO3/c1-20-8-6-9-21(14-20)16-24(30)10-11-25-26-17-22(15-23(26)18-27(25)31)19-32-13-7-12-29(5)28(2,3)4/h6,8-11,14-15,23-27,30-31H,7,12-13,16-19H2,1-5H3/t23-,24+,25+,26-,27+/m0/s1. The monoisotopic (exact) mass is 441 g/mol. The summed E-state index contributed by atoms with van der Waals surface area (Å²) in [5.41, 5.74) is 3.92. The lowest BCUT2D eigenvalue weighted by atomic mass is 9.89. The van der Waals surface area contributed by atoms with Gasteiger partial charge >= 0.3 is 0 Å². The normalized spacial score (nSPS) is 26.7. The minimum absolute atomic E-state index is 0.112. The van der Waals surface area contributed by atoms with Crippen LogP contribution in [0, 0.1) is 24.7 Å². The number of nitrogens with zero attached hydrogens (tertiary/aromatic N) is 1. The zero-order chi connectivity index (χ0) is 23.3. The number of hydrogen-bond donors (Lipinski definition) is 2. The van der Waals surface area contributed by atoms with E-state index in [0.29, 0.717) is 24.9 Å². The van der Waals surface area contributed by atoms with Crippen molar-refractivity contribution in [2.24, 2.45) is 17.8 Å². The highest BCUT2D eigenvalue weighted by molar-refractivity contribution is 5.24. The highest BCUT2D eigenvalue weighted by Crippen LogP contribution is 2.47. The van der Waals surface area contributed by atoms with Gasteiger partial charge in [-0.3, -0.25) is 0 Å². The molecule has 0 aliphatic heterocycles. The first-order valence-corrected chi connectivity index (χ1v) is 12.2. The van der Waals surface area contributed by atoms with Crippen LogP contribution in [0.25, 0.3) is 0 Å². The molecule has 178 valence electrons. The quantitative estimate of drug-likeness (QED) is 0.414. The second kappa shape index (κ2) is 11.1. The van der Waals surface area contributed by atoms with Crippen LogP contribution in [-0.2, 0) is 11.2 Å². The van der Waals surface area contributed by atoms with Crippen molar-refractivity contribution in [3.63, 3.8) is 0 Å². The number of aliphatic hydroxyl groups excluding tert-OH is 2. The summed E-state index contributed by atoms with van der Waals surface area (Å²) in [7, 11) is 2.16. The number of benzene rings is 1. The molecule has 4 nitrogen and oxygen atoms in total. The van der Waals surface area contributed by atoms with Crippen molar-refractivity contribution >= 4 is 0 Å². The van der Waals surface area contributed by atoms with Crippen LogP contribution in [0.1, 0.15) is 51.2 Å². The van der Waals surface area contributed by atoms with E-state index in [4.69, 9.17) is 4.74 Å². The molecule has 1 aromatic carbocycles. The van der Waals surface area contributed by atoms with Gasteiger partial charge in [0.25, 0.3) is 0 Å². The Morgan fingerprint density at radius 1 is 1.28 bits per heavy atom. The molecule has 1 fully saturated rings. The molecular weight excluding hydrogens is 398 g/mol. The summed E-state index contributed by atoms with van der Waals surface area (Å²) < 4.78 is 5.97. The van der Waals surface area contributed by atoms with Crippen molar-refractivity contribution in [3.8, 4) is 0 Å². The molecule has 0 bridgehead atoms. The van der Waals surface area contributed by atoms with Crippen molar-refractivity contribution in [2.75, 3.05) is 26.8 Å². The van der Waals surface area contributed by atoms with Gasteiger partial charge in [-0.2, -0.15) is 0 Å². The first-order valence-electron chi connectivity index (χ1n) is 12.2. The molecule has 0 heterocycles. The first kappa shape index (κ1) is 25.2. The fourth-order valence-corrected chi connectivity index (χ4v) is 5.06. The van der Waals surface area contributed by atoms with E-state index in [9.17, 15) is 10.2 Å². The van der Waals surface area contributed by atoms with E-state index in [-0.39, 0.29) is 17.6 Å². The maximum absolute atomic E-state index is 10.6. The van der Waals surface area contributed by atoms with Crippen LogP contribution in [0.2, 0.25) is 0 Å². The van der Waals surface area contributed by atoms with E-state index >= 15 is 0 Å². The van der Waals surface area contributed by atoms with E-state index in [1.807, 2.05) is 12.1 Å². The van der Waals surface area contributed by atoms with Crippen molar-refractivity contribution in [1.29, 1.82) is 0 Å². The Balaban J connectivity index is 1.43. The van der Waals surface area contributed by atoms with Crippen LogP contribution in [0.4, 0.5) is 0 Å². The number of allylic oxidation sites excluding steroid dienone is 1. The highest BCUT2D eigenvalue weighted by atomic mass is 16.5. The summed E-state index contributed by atoms with van der Waals surface area (Å²) in [6.45, 7) is 11.3. The predicted molar refractivity (Wildman–Crippen MR) is 132 cm³/mol. The van der Waals surface area contributed by atoms with Gasteiger partial charge in [-0.15, -0.1) is 0 Å². The number of ether oxygens (including phenoxy) is 1. The van der Waals surface area contributed by atoms with Gasteiger partial charge < -0.3 is 19.8 Å². The van der Waals surface area contributed by atoms with E-state index in [0.717, 1.165) is 38.0 Å². The zero-order valence-electron chi connectivity index (χ0n) is 20.6. The number of hydrogen-bond acceptors (Lipinski definition) is 4. The third kappa shape index (κ3) is 7.02. The third-order valence-electron chi connectivity index (χ3n) is 7.25. The molecule has 0 radical (unpaired) electrons. The minimum atomic E-state index is -0.522. The SMILES string of the molecule is Cc1cccc(C[C@H](O)C=C[C@@H]2[C@H]3CC(COCCCN(C)C(C)(C)C)=C[C@H]3C[C@H]2O)c1. The second-order valence-electron chi connectivity index (χ2n) is 10.9. The van der Waals surface area contributed by atoms with E-state index in [1.54, 1.807) is 0 Å². The molecule has 1 aromatic rings. The zero-order valence-corrected chi connectivity index (χ0v) is 20.6. The van der Waals surface area contributed by atoms with Gasteiger partial charge in [0.05, 0.1) is 18.8 Å². The second-order valence-corrected chi connectivity index (χ2v) is 10.9. The Kier molecular flexibility index (Phi) is 8.74. The number of aryl methyl sites for hydroxylation is 1. The summed E-state index contributed by atoms with van der Waals surface area (Å²) in [5.74, 6) is 0.971. The molecular formula is C28H43NO3. The van der Waals surface area contributed by atoms with Crippen LogP contribution in [0.5, 0.6) is 0 Å². The Bertz CT molecular complexity index is 794. The lowest BCUT2D eigenvalue weighted by molar-refractivity contribution is 0.116. The Hall–Kier alpha value is -1.46.